The van der Waals surface area contributed by atoms with Crippen LogP contribution in [-0.2, 0) is 11.3 Å². The van der Waals surface area contributed by atoms with E-state index in [1.54, 1.807) is 31.1 Å². The highest BCUT2D eigenvalue weighted by atomic mass is 79.9. The van der Waals surface area contributed by atoms with Gasteiger partial charge in [-0.1, -0.05) is 0 Å². The van der Waals surface area contributed by atoms with Crippen molar-refractivity contribution < 1.29 is 4.79 Å². The largest absolute Gasteiger partial charge is 0.344 e. The minimum atomic E-state index is -0.124. The van der Waals surface area contributed by atoms with Crippen molar-refractivity contribution in [2.75, 3.05) is 13.6 Å². The minimum Gasteiger partial charge on any atom is -0.344 e. The molecule has 4 nitrogen and oxygen atoms in total. The fourth-order valence-corrected chi connectivity index (χ4v) is 1.89. The zero-order valence-electron chi connectivity index (χ0n) is 9.66. The number of pyridine rings is 1. The second-order valence-electron chi connectivity index (χ2n) is 3.68. The summed E-state index contributed by atoms with van der Waals surface area (Å²) in [6, 6.07) is 1.74. The highest BCUT2D eigenvalue weighted by molar-refractivity contribution is 9.10. The zero-order valence-corrected chi connectivity index (χ0v) is 11.2. The topological polar surface area (TPSA) is 42.3 Å². The van der Waals surface area contributed by atoms with Gasteiger partial charge < -0.3 is 9.47 Å². The fourth-order valence-electron chi connectivity index (χ4n) is 1.30. The average Bonchev–Trinajstić information content (AvgIpc) is 2.23. The highest BCUT2D eigenvalue weighted by Crippen LogP contribution is 2.08. The van der Waals surface area contributed by atoms with Crippen LogP contribution in [0, 0.1) is 6.92 Å². The van der Waals surface area contributed by atoms with Crippen molar-refractivity contribution in [3.05, 3.63) is 32.7 Å². The van der Waals surface area contributed by atoms with Crippen LogP contribution in [-0.4, -0.2) is 29.0 Å². The Balaban J connectivity index is 2.98. The molecule has 0 atom stereocenters. The number of likely N-dealkylation sites (N-methyl/N-ethyl adjacent to an activating group) is 1. The Labute approximate surface area is 103 Å². The van der Waals surface area contributed by atoms with Crippen LogP contribution >= 0.6 is 15.9 Å². The molecular weight excluding hydrogens is 272 g/mol. The van der Waals surface area contributed by atoms with E-state index in [1.807, 2.05) is 6.92 Å². The van der Waals surface area contributed by atoms with Gasteiger partial charge >= 0.3 is 0 Å². The lowest BCUT2D eigenvalue weighted by molar-refractivity contribution is -0.130. The van der Waals surface area contributed by atoms with Gasteiger partial charge in [-0.05, 0) is 35.8 Å². The lowest BCUT2D eigenvalue weighted by Crippen LogP contribution is -2.34. The molecule has 0 N–H and O–H groups in total. The van der Waals surface area contributed by atoms with Gasteiger partial charge in [-0.3, -0.25) is 9.59 Å². The predicted octanol–water partition coefficient (Wildman–Crippen LogP) is 1.40. The Morgan fingerprint density at radius 3 is 2.75 bits per heavy atom. The SMILES string of the molecule is CCN(C)C(=O)Cn1cc(Br)cc(C)c1=O. The average molecular weight is 287 g/mol. The van der Waals surface area contributed by atoms with E-state index in [-0.39, 0.29) is 18.0 Å². The second-order valence-corrected chi connectivity index (χ2v) is 4.60. The van der Waals surface area contributed by atoms with Crippen molar-refractivity contribution >= 4 is 21.8 Å². The van der Waals surface area contributed by atoms with Crippen LogP contribution in [0.2, 0.25) is 0 Å². The third kappa shape index (κ3) is 2.95. The molecule has 0 aliphatic carbocycles. The molecular formula is C11H15BrN2O2. The van der Waals surface area contributed by atoms with E-state index in [9.17, 15) is 9.59 Å². The lowest BCUT2D eigenvalue weighted by Gasteiger charge is -2.15. The molecule has 0 aromatic carbocycles. The van der Waals surface area contributed by atoms with Crippen molar-refractivity contribution in [2.45, 2.75) is 20.4 Å². The number of carbonyl (C=O) groups excluding carboxylic acids is 1. The molecule has 0 aliphatic rings. The van der Waals surface area contributed by atoms with E-state index in [0.717, 1.165) is 4.47 Å². The van der Waals surface area contributed by atoms with Crippen molar-refractivity contribution in [2.24, 2.45) is 0 Å². The van der Waals surface area contributed by atoms with E-state index < -0.39 is 0 Å². The number of halogens is 1. The molecule has 5 heteroatoms. The smallest absolute Gasteiger partial charge is 0.253 e. The van der Waals surface area contributed by atoms with Crippen molar-refractivity contribution in [1.82, 2.24) is 9.47 Å². The van der Waals surface area contributed by atoms with Gasteiger partial charge in [0.1, 0.15) is 6.54 Å². The molecule has 0 radical (unpaired) electrons. The summed E-state index contributed by atoms with van der Waals surface area (Å²) in [5.41, 5.74) is 0.502. The summed E-state index contributed by atoms with van der Waals surface area (Å²) in [5.74, 6) is -0.0675. The molecule has 1 amide bonds. The van der Waals surface area contributed by atoms with Crippen LogP contribution in [0.4, 0.5) is 0 Å². The summed E-state index contributed by atoms with van der Waals surface area (Å²) in [7, 11) is 1.72. The molecule has 88 valence electrons. The van der Waals surface area contributed by atoms with Gasteiger partial charge in [0.15, 0.2) is 0 Å². The van der Waals surface area contributed by atoms with E-state index in [4.69, 9.17) is 0 Å². The summed E-state index contributed by atoms with van der Waals surface area (Å²) < 4.78 is 2.23. The number of aromatic nitrogens is 1. The molecule has 1 heterocycles. The van der Waals surface area contributed by atoms with Crippen LogP contribution in [0.15, 0.2) is 21.5 Å². The molecule has 1 aromatic rings. The van der Waals surface area contributed by atoms with Gasteiger partial charge in [0.25, 0.3) is 5.56 Å². The van der Waals surface area contributed by atoms with Gasteiger partial charge in [-0.2, -0.15) is 0 Å². The maximum atomic E-state index is 11.7. The summed E-state index contributed by atoms with van der Waals surface area (Å²) in [6.45, 7) is 4.36. The zero-order chi connectivity index (χ0) is 12.3. The van der Waals surface area contributed by atoms with Crippen LogP contribution in [0.5, 0.6) is 0 Å². The predicted molar refractivity (Wildman–Crippen MR) is 66.5 cm³/mol. The highest BCUT2D eigenvalue weighted by Gasteiger charge is 2.09. The molecule has 0 fully saturated rings. The quantitative estimate of drug-likeness (QED) is 0.843. The number of nitrogens with zero attached hydrogens (tertiary/aromatic N) is 2. The Morgan fingerprint density at radius 2 is 2.19 bits per heavy atom. The maximum absolute atomic E-state index is 11.7. The number of aryl methyl sites for hydroxylation is 1. The van der Waals surface area contributed by atoms with E-state index in [0.29, 0.717) is 12.1 Å². The minimum absolute atomic E-state index is 0.0675. The second kappa shape index (κ2) is 5.30. The molecule has 16 heavy (non-hydrogen) atoms. The van der Waals surface area contributed by atoms with Gasteiger partial charge in [0.05, 0.1) is 0 Å². The molecule has 0 saturated heterocycles. The first kappa shape index (κ1) is 13.0. The van der Waals surface area contributed by atoms with E-state index in [1.165, 1.54) is 4.57 Å². The fraction of sp³-hybridized carbons (Fsp3) is 0.455. The van der Waals surface area contributed by atoms with Gasteiger partial charge in [-0.25, -0.2) is 0 Å². The molecule has 0 aliphatic heterocycles. The molecule has 0 bridgehead atoms. The third-order valence-electron chi connectivity index (χ3n) is 2.44. The standard InChI is InChI=1S/C11H15BrN2O2/c1-4-13(3)10(15)7-14-6-9(12)5-8(2)11(14)16/h5-6H,4,7H2,1-3H3. The van der Waals surface area contributed by atoms with Crippen molar-refractivity contribution in [1.29, 1.82) is 0 Å². The summed E-state index contributed by atoms with van der Waals surface area (Å²) >= 11 is 3.31. The number of hydrogen-bond acceptors (Lipinski definition) is 2. The number of amides is 1. The first-order valence-corrected chi connectivity index (χ1v) is 5.85. The summed E-state index contributed by atoms with van der Waals surface area (Å²) in [6.07, 6.45) is 1.64. The molecule has 1 aromatic heterocycles. The van der Waals surface area contributed by atoms with Crippen LogP contribution in [0.1, 0.15) is 12.5 Å². The molecule has 0 spiro atoms. The summed E-state index contributed by atoms with van der Waals surface area (Å²) in [5, 5.41) is 0. The van der Waals surface area contributed by atoms with Gasteiger partial charge in [-0.15, -0.1) is 0 Å². The Morgan fingerprint density at radius 1 is 1.56 bits per heavy atom. The Bertz CT molecular complexity index is 454. The molecule has 0 unspecified atom stereocenters. The molecule has 0 saturated carbocycles. The van der Waals surface area contributed by atoms with E-state index in [2.05, 4.69) is 15.9 Å². The Hall–Kier alpha value is -1.10. The van der Waals surface area contributed by atoms with Crippen LogP contribution in [0.3, 0.4) is 0 Å². The lowest BCUT2D eigenvalue weighted by atomic mass is 10.3. The number of carbonyl (C=O) groups is 1. The monoisotopic (exact) mass is 286 g/mol. The normalized spacial score (nSPS) is 10.2. The maximum Gasteiger partial charge on any atom is 0.253 e. The number of rotatable bonds is 3. The van der Waals surface area contributed by atoms with E-state index >= 15 is 0 Å². The van der Waals surface area contributed by atoms with Crippen LogP contribution in [0.25, 0.3) is 0 Å². The third-order valence-corrected chi connectivity index (χ3v) is 2.87. The molecule has 1 rings (SSSR count). The van der Waals surface area contributed by atoms with Crippen molar-refractivity contribution in [3.63, 3.8) is 0 Å². The first-order chi connectivity index (χ1) is 7.45. The first-order valence-electron chi connectivity index (χ1n) is 5.06. The van der Waals surface area contributed by atoms with Gasteiger partial charge in [0, 0.05) is 29.8 Å². The summed E-state index contributed by atoms with van der Waals surface area (Å²) in [4.78, 5) is 25.0. The van der Waals surface area contributed by atoms with Crippen molar-refractivity contribution in [3.8, 4) is 0 Å². The van der Waals surface area contributed by atoms with Gasteiger partial charge in [0.2, 0.25) is 5.91 Å². The number of hydrogen-bond donors (Lipinski definition) is 0. The van der Waals surface area contributed by atoms with Crippen LogP contribution < -0.4 is 5.56 Å². The Kier molecular flexibility index (Phi) is 4.29.